The number of benzene rings is 3. The Morgan fingerprint density at radius 1 is 1.07 bits per heavy atom. The molecule has 0 unspecified atom stereocenters. The standard InChI is InChI=1S/C24H23NO5/c1-29-23(27)24(15-21(24)22(26)25-28)19-8-10-20(11-9-19)30-13-12-16-6-7-17-4-2-3-5-18(17)14-16/h2-11,14,21,28H,12-13,15H2,1H3,(H,25,26)/t21-,24-/m1/s1. The van der Waals surface area contributed by atoms with Gasteiger partial charge in [0.05, 0.1) is 19.6 Å². The average Bonchev–Trinajstić information content (AvgIpc) is 3.55. The Bertz CT molecular complexity index is 1080. The summed E-state index contributed by atoms with van der Waals surface area (Å²) in [4.78, 5) is 24.1. The highest BCUT2D eigenvalue weighted by Gasteiger charge is 2.65. The number of ether oxygens (including phenoxy) is 2. The van der Waals surface area contributed by atoms with Crippen molar-refractivity contribution < 1.29 is 24.3 Å². The van der Waals surface area contributed by atoms with Gasteiger partial charge in [0.25, 0.3) is 0 Å². The van der Waals surface area contributed by atoms with Crippen LogP contribution in [-0.4, -0.2) is 30.8 Å². The Hall–Kier alpha value is -3.38. The molecule has 0 bridgehead atoms. The normalized spacial score (nSPS) is 19.9. The second kappa shape index (κ2) is 8.16. The van der Waals surface area contributed by atoms with Gasteiger partial charge >= 0.3 is 5.97 Å². The number of nitrogens with one attached hydrogen (secondary N) is 1. The molecule has 1 aliphatic carbocycles. The Kier molecular flexibility index (Phi) is 5.42. The number of carbonyl (C=O) groups is 2. The van der Waals surface area contributed by atoms with Crippen LogP contribution in [0.25, 0.3) is 10.8 Å². The maximum Gasteiger partial charge on any atom is 0.317 e. The van der Waals surface area contributed by atoms with E-state index in [0.717, 1.165) is 6.42 Å². The lowest BCUT2D eigenvalue weighted by Crippen LogP contribution is -2.31. The lowest BCUT2D eigenvalue weighted by molar-refractivity contribution is -0.146. The van der Waals surface area contributed by atoms with Crippen molar-refractivity contribution in [3.63, 3.8) is 0 Å². The molecule has 0 aliphatic heterocycles. The molecule has 6 nitrogen and oxygen atoms in total. The second-order valence-electron chi connectivity index (χ2n) is 7.50. The zero-order chi connectivity index (χ0) is 21.1. The third-order valence-electron chi connectivity index (χ3n) is 5.78. The van der Waals surface area contributed by atoms with E-state index in [0.29, 0.717) is 24.3 Å². The van der Waals surface area contributed by atoms with Crippen LogP contribution in [0.15, 0.2) is 66.7 Å². The van der Waals surface area contributed by atoms with Gasteiger partial charge < -0.3 is 9.47 Å². The quantitative estimate of drug-likeness (QED) is 0.358. The van der Waals surface area contributed by atoms with Gasteiger partial charge in [0.2, 0.25) is 5.91 Å². The first-order chi connectivity index (χ1) is 14.6. The number of carbonyl (C=O) groups excluding carboxylic acids is 2. The largest absolute Gasteiger partial charge is 0.493 e. The number of hydrogen-bond donors (Lipinski definition) is 2. The first kappa shape index (κ1) is 19.9. The predicted molar refractivity (Wildman–Crippen MR) is 111 cm³/mol. The summed E-state index contributed by atoms with van der Waals surface area (Å²) >= 11 is 0. The first-order valence-corrected chi connectivity index (χ1v) is 9.82. The van der Waals surface area contributed by atoms with Crippen LogP contribution in [0.5, 0.6) is 5.75 Å². The van der Waals surface area contributed by atoms with Crippen LogP contribution < -0.4 is 10.2 Å². The number of hydrogen-bond acceptors (Lipinski definition) is 5. The zero-order valence-electron chi connectivity index (χ0n) is 16.6. The molecule has 2 atom stereocenters. The fourth-order valence-electron chi connectivity index (χ4n) is 4.03. The van der Waals surface area contributed by atoms with Crippen LogP contribution in [0.3, 0.4) is 0 Å². The van der Waals surface area contributed by atoms with Crippen LogP contribution in [0, 0.1) is 5.92 Å². The lowest BCUT2D eigenvalue weighted by Gasteiger charge is -2.16. The summed E-state index contributed by atoms with van der Waals surface area (Å²) in [6, 6.07) is 21.7. The summed E-state index contributed by atoms with van der Waals surface area (Å²) in [5.41, 5.74) is 2.45. The van der Waals surface area contributed by atoms with E-state index in [1.54, 1.807) is 29.7 Å². The molecule has 4 rings (SSSR count). The van der Waals surface area contributed by atoms with Crippen LogP contribution >= 0.6 is 0 Å². The molecular weight excluding hydrogens is 382 g/mol. The minimum Gasteiger partial charge on any atom is -0.493 e. The van der Waals surface area contributed by atoms with Crippen molar-refractivity contribution in [1.29, 1.82) is 0 Å². The van der Waals surface area contributed by atoms with Gasteiger partial charge in [-0.2, -0.15) is 0 Å². The Morgan fingerprint density at radius 3 is 2.50 bits per heavy atom. The fourth-order valence-corrected chi connectivity index (χ4v) is 4.03. The van der Waals surface area contributed by atoms with E-state index in [2.05, 4.69) is 30.3 Å². The summed E-state index contributed by atoms with van der Waals surface area (Å²) in [5, 5.41) is 11.3. The number of amides is 1. The minimum atomic E-state index is -1.05. The molecule has 0 aromatic heterocycles. The van der Waals surface area contributed by atoms with Crippen molar-refractivity contribution in [2.24, 2.45) is 5.92 Å². The Labute approximate surface area is 174 Å². The number of methoxy groups -OCH3 is 1. The molecule has 0 heterocycles. The lowest BCUT2D eigenvalue weighted by atomic mass is 9.93. The molecular formula is C24H23NO5. The molecule has 1 amide bonds. The molecule has 1 fully saturated rings. The number of hydroxylamine groups is 1. The fraction of sp³-hybridized carbons (Fsp3) is 0.250. The van der Waals surface area contributed by atoms with Crippen LogP contribution in [0.4, 0.5) is 0 Å². The van der Waals surface area contributed by atoms with Gasteiger partial charge in [0, 0.05) is 6.42 Å². The van der Waals surface area contributed by atoms with Crippen molar-refractivity contribution in [2.45, 2.75) is 18.3 Å². The van der Waals surface area contributed by atoms with Gasteiger partial charge in [-0.15, -0.1) is 0 Å². The molecule has 6 heteroatoms. The molecule has 154 valence electrons. The molecule has 2 N–H and O–H groups in total. The van der Waals surface area contributed by atoms with Gasteiger partial charge in [-0.1, -0.05) is 54.6 Å². The van der Waals surface area contributed by atoms with E-state index in [-0.39, 0.29) is 0 Å². The summed E-state index contributed by atoms with van der Waals surface area (Å²) in [6.45, 7) is 0.523. The molecule has 1 aliphatic rings. The summed E-state index contributed by atoms with van der Waals surface area (Å²) < 4.78 is 10.8. The van der Waals surface area contributed by atoms with E-state index in [1.165, 1.54) is 23.4 Å². The highest BCUT2D eigenvalue weighted by Crippen LogP contribution is 2.55. The molecule has 0 radical (unpaired) electrons. The molecule has 0 spiro atoms. The molecule has 3 aromatic carbocycles. The number of rotatable bonds is 7. The predicted octanol–water partition coefficient (Wildman–Crippen LogP) is 3.40. The smallest absolute Gasteiger partial charge is 0.317 e. The van der Waals surface area contributed by atoms with Crippen molar-refractivity contribution in [1.82, 2.24) is 5.48 Å². The third-order valence-corrected chi connectivity index (χ3v) is 5.78. The maximum atomic E-state index is 12.3. The van der Waals surface area contributed by atoms with E-state index in [9.17, 15) is 9.59 Å². The van der Waals surface area contributed by atoms with Gasteiger partial charge in [0.1, 0.15) is 11.2 Å². The van der Waals surface area contributed by atoms with Gasteiger partial charge in [0.15, 0.2) is 0 Å². The summed E-state index contributed by atoms with van der Waals surface area (Å²) in [5.74, 6) is -1.03. The SMILES string of the molecule is COC(=O)[C@@]1(c2ccc(OCCc3ccc4ccccc4c3)cc2)C[C@@H]1C(=O)NO. The average molecular weight is 405 g/mol. The Morgan fingerprint density at radius 2 is 1.80 bits per heavy atom. The monoisotopic (exact) mass is 405 g/mol. The van der Waals surface area contributed by atoms with E-state index in [4.69, 9.17) is 14.7 Å². The van der Waals surface area contributed by atoms with Crippen molar-refractivity contribution in [3.8, 4) is 5.75 Å². The van der Waals surface area contributed by atoms with Gasteiger partial charge in [-0.25, -0.2) is 5.48 Å². The second-order valence-corrected chi connectivity index (χ2v) is 7.50. The molecule has 1 saturated carbocycles. The van der Waals surface area contributed by atoms with Crippen LogP contribution in [0.2, 0.25) is 0 Å². The third kappa shape index (κ3) is 3.62. The highest BCUT2D eigenvalue weighted by atomic mass is 16.5. The van der Waals surface area contributed by atoms with Crippen molar-refractivity contribution >= 4 is 22.6 Å². The maximum absolute atomic E-state index is 12.3. The van der Waals surface area contributed by atoms with Crippen molar-refractivity contribution in [3.05, 3.63) is 77.9 Å². The van der Waals surface area contributed by atoms with Gasteiger partial charge in [-0.05, 0) is 40.5 Å². The minimum absolute atomic E-state index is 0.300. The molecule has 0 saturated heterocycles. The van der Waals surface area contributed by atoms with Gasteiger partial charge in [-0.3, -0.25) is 14.8 Å². The van der Waals surface area contributed by atoms with E-state index >= 15 is 0 Å². The van der Waals surface area contributed by atoms with E-state index < -0.39 is 23.2 Å². The first-order valence-electron chi connectivity index (χ1n) is 9.82. The Balaban J connectivity index is 1.40. The van der Waals surface area contributed by atoms with Crippen molar-refractivity contribution in [2.75, 3.05) is 13.7 Å². The van der Waals surface area contributed by atoms with Crippen LogP contribution in [-0.2, 0) is 26.2 Å². The summed E-state index contributed by atoms with van der Waals surface area (Å²) in [7, 11) is 1.29. The molecule has 3 aromatic rings. The molecule has 30 heavy (non-hydrogen) atoms. The van der Waals surface area contributed by atoms with Crippen LogP contribution in [0.1, 0.15) is 17.5 Å². The van der Waals surface area contributed by atoms with E-state index in [1.807, 2.05) is 12.1 Å². The number of fused-ring (bicyclic) bond motifs is 1. The highest BCUT2D eigenvalue weighted by molar-refractivity contribution is 5.97. The number of esters is 1. The topological polar surface area (TPSA) is 84.9 Å². The zero-order valence-corrected chi connectivity index (χ0v) is 16.6. The summed E-state index contributed by atoms with van der Waals surface area (Å²) in [6.07, 6.45) is 1.08.